The molecule has 1 aromatic carbocycles. The van der Waals surface area contributed by atoms with Crippen molar-refractivity contribution in [3.05, 3.63) is 29.0 Å². The van der Waals surface area contributed by atoms with E-state index >= 15 is 0 Å². The van der Waals surface area contributed by atoms with E-state index in [1.165, 1.54) is 167 Å². The Morgan fingerprint density at radius 2 is 0.519 bits per heavy atom. The van der Waals surface area contributed by atoms with E-state index in [0.717, 1.165) is 38.5 Å². The van der Waals surface area contributed by atoms with Gasteiger partial charge in [0, 0.05) is 17.9 Å². The van der Waals surface area contributed by atoms with Gasteiger partial charge in [-0.05, 0) is 76.6 Å². The number of ether oxygens (including phenoxy) is 2. The highest BCUT2D eigenvalue weighted by Crippen LogP contribution is 2.43. The highest BCUT2D eigenvalue weighted by Gasteiger charge is 2.30. The Kier molecular flexibility index (Phi) is 34.2. The largest absolute Gasteiger partial charge is 0.462 e. The summed E-state index contributed by atoms with van der Waals surface area (Å²) in [6.07, 6.45) is 41.5. The van der Waals surface area contributed by atoms with Crippen LogP contribution in [0.25, 0.3) is 0 Å². The third-order valence-corrected chi connectivity index (χ3v) is 14.9. The molecule has 0 unspecified atom stereocenters. The topological polar surface area (TPSA) is 52.6 Å². The van der Waals surface area contributed by atoms with Gasteiger partial charge in [-0.1, -0.05) is 206 Å². The fraction of sp³-hybridized carbons (Fsp3) is 0.818. The molecule has 0 amide bonds. The average molecular weight is 987 g/mol. The lowest BCUT2D eigenvalue weighted by molar-refractivity contribution is 0.0448. The van der Waals surface area contributed by atoms with Crippen LogP contribution in [0.2, 0.25) is 0 Å². The van der Waals surface area contributed by atoms with Crippen LogP contribution in [0.15, 0.2) is 17.9 Å². The third kappa shape index (κ3) is 24.6. The second kappa shape index (κ2) is 35.5. The maximum Gasteiger partial charge on any atom is 0.340 e. The van der Waals surface area contributed by atoms with Gasteiger partial charge in [0.15, 0.2) is 0 Å². The van der Waals surface area contributed by atoms with Gasteiger partial charge < -0.3 is 9.47 Å². The lowest BCUT2D eigenvalue weighted by Gasteiger charge is -2.16. The summed E-state index contributed by atoms with van der Waals surface area (Å²) in [6, 6.07) is 0. The van der Waals surface area contributed by atoms with Crippen LogP contribution in [0.5, 0.6) is 0 Å². The molecule has 0 fully saturated rings. The fourth-order valence-corrected chi connectivity index (χ4v) is 9.23. The molecule has 4 nitrogen and oxygen atoms in total. The molecule has 0 saturated carbocycles. The predicted molar refractivity (Wildman–Crippen MR) is 237 cm³/mol. The van der Waals surface area contributed by atoms with Gasteiger partial charge in [0.1, 0.15) is 0 Å². The lowest BCUT2D eigenvalue weighted by Crippen LogP contribution is -2.17. The third-order valence-electron chi connectivity index (χ3n) is 10.1. The van der Waals surface area contributed by atoms with E-state index in [9.17, 15) is 9.59 Å². The molecule has 8 heteroatoms. The fourth-order valence-electron chi connectivity index (χ4n) is 6.79. The minimum atomic E-state index is -0.518. The molecular formula is C44H74Br4O4. The maximum absolute atomic E-state index is 13.3. The van der Waals surface area contributed by atoms with E-state index in [2.05, 4.69) is 77.6 Å². The predicted octanol–water partition coefficient (Wildman–Crippen LogP) is 17.6. The van der Waals surface area contributed by atoms with Crippen LogP contribution < -0.4 is 0 Å². The molecule has 0 atom stereocenters. The Balaban J connectivity index is 2.24. The molecule has 0 spiro atoms. The SMILES string of the molecule is CCCCCCCCCCCCCCCCCCOC(=O)c1c(Br)c(Br)c(Br)c(Br)c1C(=O)OCCCCCCCCCCCCCCCCCC. The molecule has 0 aromatic heterocycles. The van der Waals surface area contributed by atoms with Crippen LogP contribution >= 0.6 is 63.7 Å². The summed E-state index contributed by atoms with van der Waals surface area (Å²) in [5.41, 5.74) is 0.380. The first-order valence-electron chi connectivity index (χ1n) is 21.6. The normalized spacial score (nSPS) is 11.3. The van der Waals surface area contributed by atoms with Crippen molar-refractivity contribution < 1.29 is 19.1 Å². The van der Waals surface area contributed by atoms with E-state index in [4.69, 9.17) is 9.47 Å². The van der Waals surface area contributed by atoms with Gasteiger partial charge in [0.05, 0.1) is 24.3 Å². The molecule has 0 aliphatic carbocycles. The van der Waals surface area contributed by atoms with Crippen LogP contribution in [-0.4, -0.2) is 25.2 Å². The summed E-state index contributed by atoms with van der Waals surface area (Å²) in [7, 11) is 0. The minimum Gasteiger partial charge on any atom is -0.462 e. The summed E-state index contributed by atoms with van der Waals surface area (Å²) >= 11 is 14.1. The van der Waals surface area contributed by atoms with E-state index in [-0.39, 0.29) is 11.1 Å². The second-order valence-electron chi connectivity index (χ2n) is 14.9. The molecule has 0 radical (unpaired) electrons. The van der Waals surface area contributed by atoms with Crippen molar-refractivity contribution in [1.82, 2.24) is 0 Å². The van der Waals surface area contributed by atoms with Crippen molar-refractivity contribution in [2.24, 2.45) is 0 Å². The first-order chi connectivity index (χ1) is 25.4. The van der Waals surface area contributed by atoms with Gasteiger partial charge in [-0.3, -0.25) is 0 Å². The number of halogens is 4. The number of carbonyl (C=O) groups excluding carboxylic acids is 2. The van der Waals surface area contributed by atoms with Crippen molar-refractivity contribution in [1.29, 1.82) is 0 Å². The Bertz CT molecular complexity index is 967. The van der Waals surface area contributed by atoms with Gasteiger partial charge >= 0.3 is 11.9 Å². The van der Waals surface area contributed by atoms with Crippen molar-refractivity contribution in [3.8, 4) is 0 Å². The van der Waals surface area contributed by atoms with Crippen LogP contribution in [-0.2, 0) is 9.47 Å². The van der Waals surface area contributed by atoms with Crippen molar-refractivity contribution in [2.75, 3.05) is 13.2 Å². The van der Waals surface area contributed by atoms with Gasteiger partial charge in [-0.15, -0.1) is 0 Å². The van der Waals surface area contributed by atoms with Crippen molar-refractivity contribution in [2.45, 2.75) is 219 Å². The number of esters is 2. The molecule has 52 heavy (non-hydrogen) atoms. The second-order valence-corrected chi connectivity index (χ2v) is 18.1. The molecule has 0 heterocycles. The summed E-state index contributed by atoms with van der Waals surface area (Å²) in [5, 5.41) is 0. The number of benzene rings is 1. The first-order valence-corrected chi connectivity index (χ1v) is 24.7. The Morgan fingerprint density at radius 1 is 0.327 bits per heavy atom. The minimum absolute atomic E-state index is 0.190. The quantitative estimate of drug-likeness (QED) is 0.0291. The smallest absolute Gasteiger partial charge is 0.340 e. The summed E-state index contributed by atoms with van der Waals surface area (Å²) < 4.78 is 13.6. The number of hydrogen-bond donors (Lipinski definition) is 0. The van der Waals surface area contributed by atoms with Crippen molar-refractivity contribution in [3.63, 3.8) is 0 Å². The van der Waals surface area contributed by atoms with Gasteiger partial charge in [-0.2, -0.15) is 0 Å². The standard InChI is InChI=1S/C44H74Br4O4/c1-3-5-7-9-11-13-15-17-19-21-23-25-27-29-31-33-35-51-43(49)37-38(40(46)42(48)41(47)39(37)45)44(50)52-36-34-32-30-28-26-24-22-20-18-16-14-12-10-8-6-4-2/h3-36H2,1-2H3. The van der Waals surface area contributed by atoms with Crippen LogP contribution in [0.1, 0.15) is 240 Å². The molecule has 302 valence electrons. The summed E-state index contributed by atoms with van der Waals surface area (Å²) in [5.74, 6) is -1.04. The zero-order valence-corrected chi connectivity index (χ0v) is 39.5. The molecule has 0 bridgehead atoms. The Hall–Kier alpha value is 0.0800. The number of unbranched alkanes of at least 4 members (excludes halogenated alkanes) is 30. The van der Waals surface area contributed by atoms with Crippen molar-refractivity contribution >= 4 is 75.7 Å². The van der Waals surface area contributed by atoms with E-state index in [1.54, 1.807) is 0 Å². The van der Waals surface area contributed by atoms with Gasteiger partial charge in [0.2, 0.25) is 0 Å². The van der Waals surface area contributed by atoms with Crippen LogP contribution in [0.4, 0.5) is 0 Å². The molecule has 0 aliphatic heterocycles. The zero-order chi connectivity index (χ0) is 38.1. The molecule has 1 aromatic rings. The summed E-state index contributed by atoms with van der Waals surface area (Å²) in [4.78, 5) is 26.6. The monoisotopic (exact) mass is 982 g/mol. The highest BCUT2D eigenvalue weighted by molar-refractivity contribution is 9.15. The lowest BCUT2D eigenvalue weighted by atomic mass is 10.0. The van der Waals surface area contributed by atoms with E-state index < -0.39 is 11.9 Å². The molecular weight excluding hydrogens is 912 g/mol. The average Bonchev–Trinajstić information content (AvgIpc) is 3.14. The molecule has 1 rings (SSSR count). The van der Waals surface area contributed by atoms with E-state index in [0.29, 0.717) is 31.1 Å². The molecule has 0 aliphatic rings. The number of carbonyl (C=O) groups is 2. The van der Waals surface area contributed by atoms with Crippen LogP contribution in [0, 0.1) is 0 Å². The molecule has 0 N–H and O–H groups in total. The first kappa shape index (κ1) is 50.1. The zero-order valence-electron chi connectivity index (χ0n) is 33.2. The molecule has 0 saturated heterocycles. The number of rotatable bonds is 36. The Labute approximate surface area is 353 Å². The highest BCUT2D eigenvalue weighted by atomic mass is 79.9. The Morgan fingerprint density at radius 3 is 0.731 bits per heavy atom. The van der Waals surface area contributed by atoms with E-state index in [1.807, 2.05) is 0 Å². The summed E-state index contributed by atoms with van der Waals surface area (Å²) in [6.45, 7) is 5.23. The number of hydrogen-bond acceptors (Lipinski definition) is 4. The maximum atomic E-state index is 13.3. The van der Waals surface area contributed by atoms with Crippen LogP contribution in [0.3, 0.4) is 0 Å². The van der Waals surface area contributed by atoms with Gasteiger partial charge in [0.25, 0.3) is 0 Å². The van der Waals surface area contributed by atoms with Gasteiger partial charge in [-0.25, -0.2) is 9.59 Å².